The third kappa shape index (κ3) is 2.85. The predicted molar refractivity (Wildman–Crippen MR) is 78.9 cm³/mol. The number of carboxylic acid groups (broad SMARTS) is 1. The number of nitrogens with zero attached hydrogens (tertiary/aromatic N) is 1. The van der Waals surface area contributed by atoms with Crippen molar-refractivity contribution in [3.63, 3.8) is 0 Å². The maximum atomic E-state index is 10.9. The van der Waals surface area contributed by atoms with Crippen LogP contribution in [0.3, 0.4) is 0 Å². The van der Waals surface area contributed by atoms with Gasteiger partial charge in [0.2, 0.25) is 5.88 Å². The van der Waals surface area contributed by atoms with Gasteiger partial charge in [-0.2, -0.15) is 0 Å². The van der Waals surface area contributed by atoms with Gasteiger partial charge < -0.3 is 14.6 Å². The van der Waals surface area contributed by atoms with E-state index in [1.165, 1.54) is 0 Å². The zero-order chi connectivity index (χ0) is 15.0. The molecule has 1 aromatic carbocycles. The summed E-state index contributed by atoms with van der Waals surface area (Å²) < 4.78 is 12.0. The Morgan fingerprint density at radius 2 is 2.24 bits per heavy atom. The van der Waals surface area contributed by atoms with Crippen LogP contribution in [0.5, 0.6) is 17.4 Å². The molecule has 0 fully saturated rings. The van der Waals surface area contributed by atoms with Gasteiger partial charge >= 0.3 is 5.97 Å². The van der Waals surface area contributed by atoms with Gasteiger partial charge in [0.15, 0.2) is 6.10 Å². The first-order valence-electron chi connectivity index (χ1n) is 6.36. The fourth-order valence-electron chi connectivity index (χ4n) is 2.11. The van der Waals surface area contributed by atoms with Gasteiger partial charge in [-0.25, -0.2) is 9.78 Å². The van der Waals surface area contributed by atoms with E-state index in [2.05, 4.69) is 20.9 Å². The molecular formula is C15H12BrNO4. The second kappa shape index (κ2) is 5.37. The zero-order valence-corrected chi connectivity index (χ0v) is 12.8. The van der Waals surface area contributed by atoms with E-state index in [0.29, 0.717) is 23.8 Å². The first-order chi connectivity index (χ1) is 10.0. The SMILES string of the molecule is Cc1nc(Oc2ccc3c(c2)OC(C(=O)O)C3)ccc1Br. The Morgan fingerprint density at radius 3 is 2.95 bits per heavy atom. The van der Waals surface area contributed by atoms with Crippen LogP contribution in [0.2, 0.25) is 0 Å². The normalized spacial score (nSPS) is 16.2. The molecule has 108 valence electrons. The van der Waals surface area contributed by atoms with E-state index < -0.39 is 12.1 Å². The van der Waals surface area contributed by atoms with Crippen LogP contribution in [0, 0.1) is 6.92 Å². The minimum Gasteiger partial charge on any atom is -0.478 e. The number of ether oxygens (including phenoxy) is 2. The molecule has 3 rings (SSSR count). The van der Waals surface area contributed by atoms with Crippen LogP contribution in [0.4, 0.5) is 0 Å². The number of aromatic nitrogens is 1. The average molecular weight is 350 g/mol. The van der Waals surface area contributed by atoms with Crippen molar-refractivity contribution in [3.8, 4) is 17.4 Å². The van der Waals surface area contributed by atoms with Crippen molar-refractivity contribution in [2.75, 3.05) is 0 Å². The molecule has 0 amide bonds. The predicted octanol–water partition coefficient (Wildman–Crippen LogP) is 3.33. The third-order valence-electron chi connectivity index (χ3n) is 3.21. The first-order valence-corrected chi connectivity index (χ1v) is 7.15. The summed E-state index contributed by atoms with van der Waals surface area (Å²) in [6.07, 6.45) is -0.441. The van der Waals surface area contributed by atoms with E-state index in [-0.39, 0.29) is 0 Å². The van der Waals surface area contributed by atoms with Gasteiger partial charge in [-0.15, -0.1) is 0 Å². The Kier molecular flexibility index (Phi) is 3.55. The summed E-state index contributed by atoms with van der Waals surface area (Å²) in [6, 6.07) is 8.91. The van der Waals surface area contributed by atoms with Crippen molar-refractivity contribution in [1.29, 1.82) is 0 Å². The fraction of sp³-hybridized carbons (Fsp3) is 0.200. The summed E-state index contributed by atoms with van der Waals surface area (Å²) in [5, 5.41) is 8.98. The Hall–Kier alpha value is -2.08. The number of carbonyl (C=O) groups is 1. The van der Waals surface area contributed by atoms with Gasteiger partial charge in [0.1, 0.15) is 11.5 Å². The highest BCUT2D eigenvalue weighted by molar-refractivity contribution is 9.10. The lowest BCUT2D eigenvalue weighted by Crippen LogP contribution is -2.24. The standard InChI is InChI=1S/C15H12BrNO4/c1-8-11(16)4-5-14(17-8)20-10-3-2-9-6-13(15(18)19)21-12(9)7-10/h2-5,7,13H,6H2,1H3,(H,18,19). The molecule has 0 radical (unpaired) electrons. The first kappa shape index (κ1) is 13.9. The molecular weight excluding hydrogens is 338 g/mol. The Bertz CT molecular complexity index is 717. The molecule has 6 heteroatoms. The number of hydrogen-bond donors (Lipinski definition) is 1. The summed E-state index contributed by atoms with van der Waals surface area (Å²) in [7, 11) is 0. The van der Waals surface area contributed by atoms with E-state index >= 15 is 0 Å². The van der Waals surface area contributed by atoms with E-state index in [1.807, 2.05) is 19.1 Å². The average Bonchev–Trinajstić information content (AvgIpc) is 2.86. The molecule has 0 aliphatic carbocycles. The maximum absolute atomic E-state index is 10.9. The van der Waals surface area contributed by atoms with Crippen LogP contribution in [-0.4, -0.2) is 22.2 Å². The number of fused-ring (bicyclic) bond motifs is 1. The van der Waals surface area contributed by atoms with Crippen LogP contribution in [0.25, 0.3) is 0 Å². The largest absolute Gasteiger partial charge is 0.478 e. The number of halogens is 1. The number of hydrogen-bond acceptors (Lipinski definition) is 4. The fourth-order valence-corrected chi connectivity index (χ4v) is 2.33. The van der Waals surface area contributed by atoms with Crippen molar-refractivity contribution in [2.24, 2.45) is 0 Å². The van der Waals surface area contributed by atoms with E-state index in [9.17, 15) is 4.79 Å². The molecule has 2 aromatic rings. The molecule has 21 heavy (non-hydrogen) atoms. The van der Waals surface area contributed by atoms with E-state index in [0.717, 1.165) is 15.7 Å². The van der Waals surface area contributed by atoms with Crippen molar-refractivity contribution in [3.05, 3.63) is 46.1 Å². The highest BCUT2D eigenvalue weighted by Gasteiger charge is 2.29. The van der Waals surface area contributed by atoms with Gasteiger partial charge in [0, 0.05) is 23.0 Å². The topological polar surface area (TPSA) is 68.7 Å². The smallest absolute Gasteiger partial charge is 0.345 e. The van der Waals surface area contributed by atoms with Gasteiger partial charge in [0.05, 0.1) is 5.69 Å². The minimum atomic E-state index is -0.959. The third-order valence-corrected chi connectivity index (χ3v) is 4.04. The van der Waals surface area contributed by atoms with Crippen LogP contribution < -0.4 is 9.47 Å². The Labute approximate surface area is 129 Å². The van der Waals surface area contributed by atoms with Gasteiger partial charge in [0.25, 0.3) is 0 Å². The van der Waals surface area contributed by atoms with Crippen molar-refractivity contribution in [1.82, 2.24) is 4.98 Å². The number of pyridine rings is 1. The summed E-state index contributed by atoms with van der Waals surface area (Å²) in [5.41, 5.74) is 1.70. The molecule has 0 saturated heterocycles. The molecule has 1 aliphatic heterocycles. The van der Waals surface area contributed by atoms with E-state index in [1.54, 1.807) is 18.2 Å². The number of benzene rings is 1. The molecule has 1 aliphatic rings. The molecule has 5 nitrogen and oxygen atoms in total. The number of aryl methyl sites for hydroxylation is 1. The number of aliphatic carboxylic acids is 1. The number of rotatable bonds is 3. The molecule has 1 aromatic heterocycles. The molecule has 0 bridgehead atoms. The summed E-state index contributed by atoms with van der Waals surface area (Å²) >= 11 is 3.38. The Balaban J connectivity index is 1.81. The van der Waals surface area contributed by atoms with Crippen LogP contribution in [0.15, 0.2) is 34.8 Å². The van der Waals surface area contributed by atoms with Crippen molar-refractivity contribution in [2.45, 2.75) is 19.4 Å². The number of carboxylic acids is 1. The van der Waals surface area contributed by atoms with Crippen LogP contribution in [-0.2, 0) is 11.2 Å². The van der Waals surface area contributed by atoms with Crippen LogP contribution in [0.1, 0.15) is 11.3 Å². The zero-order valence-electron chi connectivity index (χ0n) is 11.2. The summed E-state index contributed by atoms with van der Waals surface area (Å²) in [4.78, 5) is 15.2. The van der Waals surface area contributed by atoms with Gasteiger partial charge in [-0.05, 0) is 40.5 Å². The Morgan fingerprint density at radius 1 is 1.43 bits per heavy atom. The lowest BCUT2D eigenvalue weighted by Gasteiger charge is -2.08. The highest BCUT2D eigenvalue weighted by atomic mass is 79.9. The molecule has 0 spiro atoms. The van der Waals surface area contributed by atoms with Crippen LogP contribution >= 0.6 is 15.9 Å². The molecule has 2 heterocycles. The van der Waals surface area contributed by atoms with Crippen molar-refractivity contribution >= 4 is 21.9 Å². The molecule has 1 N–H and O–H groups in total. The van der Waals surface area contributed by atoms with E-state index in [4.69, 9.17) is 14.6 Å². The van der Waals surface area contributed by atoms with Crippen molar-refractivity contribution < 1.29 is 19.4 Å². The lowest BCUT2D eigenvalue weighted by atomic mass is 10.1. The summed E-state index contributed by atoms with van der Waals surface area (Å²) in [5.74, 6) is 0.630. The highest BCUT2D eigenvalue weighted by Crippen LogP contribution is 2.34. The van der Waals surface area contributed by atoms with Gasteiger partial charge in [-0.3, -0.25) is 0 Å². The minimum absolute atomic E-state index is 0.376. The second-order valence-corrected chi connectivity index (χ2v) is 5.59. The second-order valence-electron chi connectivity index (χ2n) is 4.74. The molecule has 1 unspecified atom stereocenters. The summed E-state index contributed by atoms with van der Waals surface area (Å²) in [6.45, 7) is 1.88. The maximum Gasteiger partial charge on any atom is 0.345 e. The quantitative estimate of drug-likeness (QED) is 0.920. The molecule has 0 saturated carbocycles. The molecule has 1 atom stereocenters. The van der Waals surface area contributed by atoms with Gasteiger partial charge in [-0.1, -0.05) is 6.07 Å². The monoisotopic (exact) mass is 349 g/mol. The lowest BCUT2D eigenvalue weighted by molar-refractivity contribution is -0.144.